The molecule has 0 aliphatic rings. The van der Waals surface area contributed by atoms with Gasteiger partial charge in [0.25, 0.3) is 0 Å². The molecule has 0 spiro atoms. The minimum absolute atomic E-state index is 0.0130. The number of alkyl halides is 3. The maximum Gasteiger partial charge on any atom is 0.416 e. The molecule has 0 aromatic heterocycles. The lowest BCUT2D eigenvalue weighted by Gasteiger charge is -2.12. The maximum absolute atomic E-state index is 12.5. The molecule has 2 aromatic rings. The van der Waals surface area contributed by atoms with Crippen molar-refractivity contribution in [2.24, 2.45) is 0 Å². The topological polar surface area (TPSA) is 26.0 Å². The van der Waals surface area contributed by atoms with E-state index in [1.807, 2.05) is 0 Å². The molecule has 0 saturated heterocycles. The highest BCUT2D eigenvalue weighted by molar-refractivity contribution is 6.36. The number of hydrogen-bond donors (Lipinski definition) is 1. The Bertz CT molecular complexity index is 624. The molecule has 0 radical (unpaired) electrons. The average Bonchev–Trinajstić information content (AvgIpc) is 2.28. The van der Waals surface area contributed by atoms with Crippen LogP contribution in [0.15, 0.2) is 36.4 Å². The highest BCUT2D eigenvalue weighted by Crippen LogP contribution is 2.37. The Labute approximate surface area is 117 Å². The summed E-state index contributed by atoms with van der Waals surface area (Å²) < 4.78 is 37.6. The van der Waals surface area contributed by atoms with Crippen molar-refractivity contribution < 1.29 is 13.2 Å². The Morgan fingerprint density at radius 2 is 1.53 bits per heavy atom. The zero-order chi connectivity index (χ0) is 14.2. The van der Waals surface area contributed by atoms with Crippen molar-refractivity contribution in [3.8, 4) is 11.1 Å². The lowest BCUT2D eigenvalue weighted by atomic mass is 10.0. The third-order valence-electron chi connectivity index (χ3n) is 2.60. The van der Waals surface area contributed by atoms with Crippen molar-refractivity contribution in [1.82, 2.24) is 0 Å². The first-order valence-corrected chi connectivity index (χ1v) is 5.97. The Kier molecular flexibility index (Phi) is 3.65. The fraction of sp³-hybridized carbons (Fsp3) is 0.0769. The smallest absolute Gasteiger partial charge is 0.398 e. The van der Waals surface area contributed by atoms with Crippen molar-refractivity contribution in [1.29, 1.82) is 0 Å². The van der Waals surface area contributed by atoms with Crippen LogP contribution in [0.2, 0.25) is 10.0 Å². The normalized spacial score (nSPS) is 11.6. The van der Waals surface area contributed by atoms with E-state index in [0.717, 1.165) is 12.1 Å². The van der Waals surface area contributed by atoms with Crippen LogP contribution in [0.4, 0.5) is 18.9 Å². The second kappa shape index (κ2) is 4.94. The van der Waals surface area contributed by atoms with Gasteiger partial charge in [0.05, 0.1) is 5.56 Å². The van der Waals surface area contributed by atoms with Crippen LogP contribution in [0.3, 0.4) is 0 Å². The zero-order valence-electron chi connectivity index (χ0n) is 9.43. The first-order chi connectivity index (χ1) is 8.79. The molecule has 2 aromatic carbocycles. The molecule has 6 heteroatoms. The van der Waals surface area contributed by atoms with E-state index < -0.39 is 11.7 Å². The minimum Gasteiger partial charge on any atom is -0.398 e. The highest BCUT2D eigenvalue weighted by Gasteiger charge is 2.30. The van der Waals surface area contributed by atoms with Gasteiger partial charge in [-0.15, -0.1) is 0 Å². The summed E-state index contributed by atoms with van der Waals surface area (Å²) in [5, 5.41) is 0.776. The standard InChI is InChI=1S/C13H8Cl2F3N/c14-8-2-4-9(11(15)6-8)10-3-1-7(5-12(10)19)13(16,17)18/h1-6H,19H2. The largest absolute Gasteiger partial charge is 0.416 e. The number of anilines is 1. The summed E-state index contributed by atoms with van der Waals surface area (Å²) >= 11 is 11.8. The van der Waals surface area contributed by atoms with E-state index >= 15 is 0 Å². The first kappa shape index (κ1) is 14.0. The van der Waals surface area contributed by atoms with Crippen LogP contribution in [0.5, 0.6) is 0 Å². The second-order valence-electron chi connectivity index (χ2n) is 3.92. The Morgan fingerprint density at radius 3 is 2.05 bits per heavy atom. The molecule has 0 aliphatic carbocycles. The Morgan fingerprint density at radius 1 is 0.895 bits per heavy atom. The predicted octanol–water partition coefficient (Wildman–Crippen LogP) is 5.26. The molecule has 0 heterocycles. The van der Waals surface area contributed by atoms with Gasteiger partial charge in [-0.3, -0.25) is 0 Å². The monoisotopic (exact) mass is 305 g/mol. The summed E-state index contributed by atoms with van der Waals surface area (Å²) in [6.07, 6.45) is -4.42. The van der Waals surface area contributed by atoms with Crippen molar-refractivity contribution in [2.45, 2.75) is 6.18 Å². The third-order valence-corrected chi connectivity index (χ3v) is 3.15. The van der Waals surface area contributed by atoms with Crippen LogP contribution in [0.1, 0.15) is 5.56 Å². The molecule has 2 N–H and O–H groups in total. The first-order valence-electron chi connectivity index (χ1n) is 5.21. The van der Waals surface area contributed by atoms with Crippen molar-refractivity contribution in [3.63, 3.8) is 0 Å². The van der Waals surface area contributed by atoms with E-state index in [4.69, 9.17) is 28.9 Å². The summed E-state index contributed by atoms with van der Waals surface area (Å²) in [6, 6.07) is 7.88. The van der Waals surface area contributed by atoms with Crippen LogP contribution in [-0.2, 0) is 6.18 Å². The molecule has 0 aliphatic heterocycles. The molecular weight excluding hydrogens is 298 g/mol. The van der Waals surface area contributed by atoms with E-state index in [1.54, 1.807) is 12.1 Å². The fourth-order valence-electron chi connectivity index (χ4n) is 1.69. The zero-order valence-corrected chi connectivity index (χ0v) is 10.9. The predicted molar refractivity (Wildman–Crippen MR) is 71.3 cm³/mol. The molecule has 0 bridgehead atoms. The van der Waals surface area contributed by atoms with Crippen LogP contribution >= 0.6 is 23.2 Å². The number of halogens is 5. The summed E-state index contributed by atoms with van der Waals surface area (Å²) in [7, 11) is 0. The number of rotatable bonds is 1. The van der Waals surface area contributed by atoms with Crippen molar-refractivity contribution >= 4 is 28.9 Å². The number of nitrogen functional groups attached to an aromatic ring is 1. The molecule has 0 amide bonds. The molecule has 0 fully saturated rings. The van der Waals surface area contributed by atoms with Crippen molar-refractivity contribution in [2.75, 3.05) is 5.73 Å². The Balaban J connectivity index is 2.52. The van der Waals surface area contributed by atoms with Gasteiger partial charge in [0, 0.05) is 26.9 Å². The van der Waals surface area contributed by atoms with Gasteiger partial charge < -0.3 is 5.73 Å². The fourth-order valence-corrected chi connectivity index (χ4v) is 2.20. The van der Waals surface area contributed by atoms with E-state index in [1.165, 1.54) is 12.1 Å². The SMILES string of the molecule is Nc1cc(C(F)(F)F)ccc1-c1ccc(Cl)cc1Cl. The van der Waals surface area contributed by atoms with E-state index in [2.05, 4.69) is 0 Å². The maximum atomic E-state index is 12.5. The third kappa shape index (κ3) is 2.96. The van der Waals surface area contributed by atoms with Crippen LogP contribution in [0.25, 0.3) is 11.1 Å². The second-order valence-corrected chi connectivity index (χ2v) is 4.77. The van der Waals surface area contributed by atoms with Crippen LogP contribution < -0.4 is 5.73 Å². The van der Waals surface area contributed by atoms with Gasteiger partial charge in [-0.2, -0.15) is 13.2 Å². The van der Waals surface area contributed by atoms with Gasteiger partial charge >= 0.3 is 6.18 Å². The van der Waals surface area contributed by atoms with Crippen molar-refractivity contribution in [3.05, 3.63) is 52.0 Å². The average molecular weight is 306 g/mol. The van der Waals surface area contributed by atoms with Gasteiger partial charge in [-0.1, -0.05) is 35.3 Å². The minimum atomic E-state index is -4.42. The molecule has 0 saturated carbocycles. The van der Waals surface area contributed by atoms with Gasteiger partial charge in [0.15, 0.2) is 0 Å². The molecule has 0 atom stereocenters. The number of hydrogen-bond acceptors (Lipinski definition) is 1. The lowest BCUT2D eigenvalue weighted by Crippen LogP contribution is -2.06. The molecule has 2 rings (SSSR count). The number of benzene rings is 2. The van der Waals surface area contributed by atoms with Gasteiger partial charge in [-0.25, -0.2) is 0 Å². The summed E-state index contributed by atoms with van der Waals surface area (Å²) in [4.78, 5) is 0. The molecular formula is C13H8Cl2F3N. The van der Waals surface area contributed by atoms with E-state index in [0.29, 0.717) is 21.2 Å². The summed E-state index contributed by atoms with van der Waals surface area (Å²) in [5.41, 5.74) is 5.86. The van der Waals surface area contributed by atoms with Crippen LogP contribution in [-0.4, -0.2) is 0 Å². The Hall–Kier alpha value is -1.39. The highest BCUT2D eigenvalue weighted by atomic mass is 35.5. The van der Waals surface area contributed by atoms with Crippen LogP contribution in [0, 0.1) is 0 Å². The summed E-state index contributed by atoms with van der Waals surface area (Å²) in [6.45, 7) is 0. The molecule has 0 unspecified atom stereocenters. The van der Waals surface area contributed by atoms with Gasteiger partial charge in [0.1, 0.15) is 0 Å². The number of nitrogens with two attached hydrogens (primary N) is 1. The van der Waals surface area contributed by atoms with E-state index in [-0.39, 0.29) is 5.69 Å². The molecule has 1 nitrogen and oxygen atoms in total. The van der Waals surface area contributed by atoms with E-state index in [9.17, 15) is 13.2 Å². The lowest BCUT2D eigenvalue weighted by molar-refractivity contribution is -0.137. The van der Waals surface area contributed by atoms with Gasteiger partial charge in [0.2, 0.25) is 0 Å². The molecule has 19 heavy (non-hydrogen) atoms. The quantitative estimate of drug-likeness (QED) is 0.714. The molecule has 100 valence electrons. The van der Waals surface area contributed by atoms with Gasteiger partial charge in [-0.05, 0) is 24.3 Å². The summed E-state index contributed by atoms with van der Waals surface area (Å²) in [5.74, 6) is 0.